The van der Waals surface area contributed by atoms with Crippen LogP contribution in [0.1, 0.15) is 24.0 Å². The minimum atomic E-state index is -0.135. The van der Waals surface area contributed by atoms with Crippen molar-refractivity contribution in [3.05, 3.63) is 56.4 Å². The van der Waals surface area contributed by atoms with Crippen molar-refractivity contribution in [3.8, 4) is 6.07 Å². The van der Waals surface area contributed by atoms with Crippen LogP contribution in [0.4, 0.5) is 5.95 Å². The highest BCUT2D eigenvalue weighted by Crippen LogP contribution is 2.22. The molecule has 0 unspecified atom stereocenters. The fraction of sp³-hybridized carbons (Fsp3) is 0.316. The number of aromatic amines is 1. The molecule has 7 nitrogen and oxygen atoms in total. The first kappa shape index (κ1) is 20.4. The second-order valence-corrected chi connectivity index (χ2v) is 7.65. The first-order chi connectivity index (χ1) is 13.1. The minimum Gasteiger partial charge on any atom is -0.341 e. The number of piperidine rings is 1. The number of nitrogens with one attached hydrogen (secondary N) is 1. The molecule has 0 amide bonds. The van der Waals surface area contributed by atoms with E-state index in [2.05, 4.69) is 31.9 Å². The quantitative estimate of drug-likeness (QED) is 0.621. The Balaban J connectivity index is 0.00000225. The number of benzene rings is 1. The number of nitrogens with two attached hydrogens (primary N) is 1. The van der Waals surface area contributed by atoms with Crippen LogP contribution in [0.25, 0.3) is 11.0 Å². The van der Waals surface area contributed by atoms with Gasteiger partial charge in [-0.25, -0.2) is 0 Å². The van der Waals surface area contributed by atoms with Gasteiger partial charge in [-0.3, -0.25) is 9.36 Å². The first-order valence-corrected chi connectivity index (χ1v) is 9.63. The minimum absolute atomic E-state index is 0. The van der Waals surface area contributed by atoms with E-state index >= 15 is 0 Å². The Morgan fingerprint density at radius 2 is 2.18 bits per heavy atom. The Labute approximate surface area is 176 Å². The summed E-state index contributed by atoms with van der Waals surface area (Å²) in [6, 6.07) is 11.3. The highest BCUT2D eigenvalue weighted by molar-refractivity contribution is 9.10. The van der Waals surface area contributed by atoms with Crippen molar-refractivity contribution < 1.29 is 0 Å². The average molecular weight is 464 g/mol. The summed E-state index contributed by atoms with van der Waals surface area (Å²) in [7, 11) is 0. The molecule has 1 aliphatic heterocycles. The number of H-pyrrole nitrogens is 1. The average Bonchev–Trinajstić information content (AvgIpc) is 3.05. The van der Waals surface area contributed by atoms with Crippen LogP contribution in [-0.2, 0) is 6.54 Å². The van der Waals surface area contributed by atoms with Gasteiger partial charge in [-0.1, -0.05) is 18.2 Å². The maximum absolute atomic E-state index is 13.2. The molecular weight excluding hydrogens is 444 g/mol. The summed E-state index contributed by atoms with van der Waals surface area (Å²) in [4.78, 5) is 23.1. The van der Waals surface area contributed by atoms with Gasteiger partial charge in [0, 0.05) is 19.1 Å². The molecule has 1 saturated heterocycles. The van der Waals surface area contributed by atoms with E-state index in [1.165, 1.54) is 0 Å². The lowest BCUT2D eigenvalue weighted by atomic mass is 10.1. The van der Waals surface area contributed by atoms with Crippen LogP contribution in [0.5, 0.6) is 0 Å². The molecule has 3 aromatic rings. The third kappa shape index (κ3) is 3.78. The van der Waals surface area contributed by atoms with E-state index in [4.69, 9.17) is 10.7 Å². The largest absolute Gasteiger partial charge is 0.341 e. The van der Waals surface area contributed by atoms with Crippen LogP contribution in [-0.4, -0.2) is 33.7 Å². The van der Waals surface area contributed by atoms with Gasteiger partial charge in [0.1, 0.15) is 5.65 Å². The van der Waals surface area contributed by atoms with E-state index in [1.54, 1.807) is 16.7 Å². The Morgan fingerprint density at radius 3 is 2.93 bits per heavy atom. The molecule has 1 fully saturated rings. The Morgan fingerprint density at radius 1 is 1.39 bits per heavy atom. The Bertz CT molecular complexity index is 1100. The second-order valence-electron chi connectivity index (χ2n) is 6.80. The number of halogens is 2. The zero-order valence-corrected chi connectivity index (χ0v) is 17.5. The van der Waals surface area contributed by atoms with Gasteiger partial charge in [0.25, 0.3) is 5.56 Å². The number of anilines is 1. The smallest absolute Gasteiger partial charge is 0.264 e. The molecule has 0 aliphatic carbocycles. The molecule has 2 aromatic heterocycles. The van der Waals surface area contributed by atoms with E-state index in [-0.39, 0.29) is 30.6 Å². The van der Waals surface area contributed by atoms with Crippen LogP contribution < -0.4 is 16.2 Å². The zero-order valence-electron chi connectivity index (χ0n) is 15.1. The second kappa shape index (κ2) is 8.35. The third-order valence-corrected chi connectivity index (χ3v) is 5.33. The lowest BCUT2D eigenvalue weighted by Gasteiger charge is -2.33. The van der Waals surface area contributed by atoms with Crippen molar-refractivity contribution >= 4 is 45.3 Å². The first-order valence-electron chi connectivity index (χ1n) is 8.84. The summed E-state index contributed by atoms with van der Waals surface area (Å²) >= 11 is 3.38. The van der Waals surface area contributed by atoms with E-state index in [0.717, 1.165) is 24.9 Å². The molecule has 9 heteroatoms. The zero-order chi connectivity index (χ0) is 19.0. The molecule has 0 saturated carbocycles. The molecule has 3 heterocycles. The number of nitriles is 1. The number of hydrogen-bond acceptors (Lipinski definition) is 5. The maximum atomic E-state index is 13.2. The summed E-state index contributed by atoms with van der Waals surface area (Å²) in [5.41, 5.74) is 7.91. The molecular formula is C19H20BrClN6O. The summed E-state index contributed by atoms with van der Waals surface area (Å²) in [5, 5.41) is 9.92. The normalized spacial score (nSPS) is 16.6. The molecule has 28 heavy (non-hydrogen) atoms. The van der Waals surface area contributed by atoms with Crippen molar-refractivity contribution in [2.75, 3.05) is 18.0 Å². The van der Waals surface area contributed by atoms with Gasteiger partial charge in [-0.15, -0.1) is 12.4 Å². The van der Waals surface area contributed by atoms with Crippen LogP contribution >= 0.6 is 28.3 Å². The van der Waals surface area contributed by atoms with Crippen molar-refractivity contribution in [2.45, 2.75) is 25.4 Å². The van der Waals surface area contributed by atoms with Gasteiger partial charge >= 0.3 is 0 Å². The molecule has 1 aromatic carbocycles. The van der Waals surface area contributed by atoms with Crippen molar-refractivity contribution in [2.24, 2.45) is 5.73 Å². The highest BCUT2D eigenvalue weighted by Gasteiger charge is 2.23. The molecule has 3 N–H and O–H groups in total. The van der Waals surface area contributed by atoms with E-state index in [1.807, 2.05) is 18.2 Å². The SMILES string of the molecule is Cl.N#Cc1ccccc1Cn1c(N2CCC[C@@H](N)C2)nc2[nH]c(Br)cc2c1=O. The topological polar surface area (TPSA) is 104 Å². The van der Waals surface area contributed by atoms with Gasteiger partial charge in [0.05, 0.1) is 28.2 Å². The summed E-state index contributed by atoms with van der Waals surface area (Å²) < 4.78 is 2.36. The molecule has 146 valence electrons. The van der Waals surface area contributed by atoms with Crippen molar-refractivity contribution in [1.29, 1.82) is 5.26 Å². The van der Waals surface area contributed by atoms with Gasteiger partial charge in [0.15, 0.2) is 0 Å². The monoisotopic (exact) mass is 462 g/mol. The number of nitrogens with zero attached hydrogens (tertiary/aromatic N) is 4. The summed E-state index contributed by atoms with van der Waals surface area (Å²) in [6.07, 6.45) is 1.92. The predicted molar refractivity (Wildman–Crippen MR) is 115 cm³/mol. The number of rotatable bonds is 3. The van der Waals surface area contributed by atoms with Gasteiger partial charge in [-0.2, -0.15) is 10.2 Å². The summed E-state index contributed by atoms with van der Waals surface area (Å²) in [5.74, 6) is 0.588. The third-order valence-electron chi connectivity index (χ3n) is 4.90. The van der Waals surface area contributed by atoms with E-state index < -0.39 is 0 Å². The predicted octanol–water partition coefficient (Wildman–Crippen LogP) is 2.76. The molecule has 1 atom stereocenters. The number of aromatic nitrogens is 3. The Hall–Kier alpha value is -2.34. The van der Waals surface area contributed by atoms with Crippen LogP contribution in [0.2, 0.25) is 0 Å². The standard InChI is InChI=1S/C19H19BrN6O.ClH/c20-16-8-15-17(23-16)24-19(25-7-3-6-14(22)11-25)26(18(15)27)10-13-5-2-1-4-12(13)9-21;/h1-2,4-5,8,14,23H,3,6-7,10-11,22H2;1H/t14-;/m1./s1. The molecule has 0 spiro atoms. The van der Waals surface area contributed by atoms with Gasteiger partial charge in [-0.05, 0) is 46.5 Å². The number of hydrogen-bond donors (Lipinski definition) is 2. The molecule has 0 radical (unpaired) electrons. The fourth-order valence-corrected chi connectivity index (χ4v) is 3.99. The van der Waals surface area contributed by atoms with Crippen molar-refractivity contribution in [1.82, 2.24) is 14.5 Å². The number of fused-ring (bicyclic) bond motifs is 1. The molecule has 0 bridgehead atoms. The van der Waals surface area contributed by atoms with Crippen LogP contribution in [0.15, 0.2) is 39.7 Å². The van der Waals surface area contributed by atoms with E-state index in [0.29, 0.717) is 33.7 Å². The van der Waals surface area contributed by atoms with Gasteiger partial charge < -0.3 is 15.6 Å². The Kier molecular flexibility index (Phi) is 6.08. The highest BCUT2D eigenvalue weighted by atomic mass is 79.9. The van der Waals surface area contributed by atoms with E-state index in [9.17, 15) is 10.1 Å². The lowest BCUT2D eigenvalue weighted by molar-refractivity contribution is 0.491. The van der Waals surface area contributed by atoms with Crippen LogP contribution in [0, 0.1) is 11.3 Å². The van der Waals surface area contributed by atoms with Crippen molar-refractivity contribution in [3.63, 3.8) is 0 Å². The van der Waals surface area contributed by atoms with Gasteiger partial charge in [0.2, 0.25) is 5.95 Å². The molecule has 1 aliphatic rings. The fourth-order valence-electron chi connectivity index (χ4n) is 3.57. The lowest BCUT2D eigenvalue weighted by Crippen LogP contribution is -2.45. The molecule has 4 rings (SSSR count). The summed E-state index contributed by atoms with van der Waals surface area (Å²) in [6.45, 7) is 1.74. The maximum Gasteiger partial charge on any atom is 0.264 e. The van der Waals surface area contributed by atoms with Crippen LogP contribution in [0.3, 0.4) is 0 Å².